The van der Waals surface area contributed by atoms with E-state index >= 15 is 0 Å². The van der Waals surface area contributed by atoms with Crippen molar-refractivity contribution in [2.45, 2.75) is 46.1 Å². The van der Waals surface area contributed by atoms with Crippen LogP contribution in [0.15, 0.2) is 24.3 Å². The van der Waals surface area contributed by atoms with Crippen LogP contribution in [0.5, 0.6) is 0 Å². The maximum atomic E-state index is 11.7. The molecule has 100 valence electrons. The minimum absolute atomic E-state index is 0.0560. The fourth-order valence-electron chi connectivity index (χ4n) is 1.65. The van der Waals surface area contributed by atoms with Gasteiger partial charge in [0.1, 0.15) is 0 Å². The summed E-state index contributed by atoms with van der Waals surface area (Å²) in [6.07, 6.45) is 0.504. The lowest BCUT2D eigenvalue weighted by Gasteiger charge is -2.10. The van der Waals surface area contributed by atoms with E-state index in [0.29, 0.717) is 24.9 Å². The van der Waals surface area contributed by atoms with Gasteiger partial charge in [-0.15, -0.1) is 0 Å². The maximum Gasteiger partial charge on any atom is 0.225 e. The van der Waals surface area contributed by atoms with Crippen molar-refractivity contribution in [1.82, 2.24) is 5.32 Å². The molecule has 0 bridgehead atoms. The number of rotatable bonds is 6. The highest BCUT2D eigenvalue weighted by molar-refractivity contribution is 5.90. The Morgan fingerprint density at radius 2 is 1.72 bits per heavy atom. The van der Waals surface area contributed by atoms with Gasteiger partial charge in [-0.2, -0.15) is 0 Å². The smallest absolute Gasteiger partial charge is 0.225 e. The van der Waals surface area contributed by atoms with Crippen LogP contribution < -0.4 is 10.6 Å². The van der Waals surface area contributed by atoms with Crippen molar-refractivity contribution in [1.29, 1.82) is 0 Å². The van der Waals surface area contributed by atoms with Crippen molar-refractivity contribution >= 4 is 11.6 Å². The van der Waals surface area contributed by atoms with Crippen LogP contribution in [-0.4, -0.2) is 18.5 Å². The predicted octanol–water partition coefficient (Wildman–Crippen LogP) is 3.14. The lowest BCUT2D eigenvalue weighted by atomic mass is 10.0. The molecule has 0 saturated heterocycles. The van der Waals surface area contributed by atoms with E-state index in [1.165, 1.54) is 5.56 Å². The number of amides is 1. The second-order valence-corrected chi connectivity index (χ2v) is 5.18. The van der Waals surface area contributed by atoms with Crippen LogP contribution in [-0.2, 0) is 4.79 Å². The van der Waals surface area contributed by atoms with Gasteiger partial charge in [-0.05, 0) is 23.6 Å². The zero-order valence-electron chi connectivity index (χ0n) is 11.8. The van der Waals surface area contributed by atoms with Crippen LogP contribution in [0.25, 0.3) is 0 Å². The Hall–Kier alpha value is -1.35. The zero-order chi connectivity index (χ0) is 13.5. The van der Waals surface area contributed by atoms with Gasteiger partial charge in [0.25, 0.3) is 0 Å². The summed E-state index contributed by atoms with van der Waals surface area (Å²) in [4.78, 5) is 11.7. The average Bonchev–Trinajstić information content (AvgIpc) is 2.29. The number of anilines is 1. The molecule has 18 heavy (non-hydrogen) atoms. The molecule has 1 amide bonds. The third kappa shape index (κ3) is 5.32. The van der Waals surface area contributed by atoms with Gasteiger partial charge in [-0.1, -0.05) is 39.8 Å². The van der Waals surface area contributed by atoms with E-state index in [4.69, 9.17) is 0 Å². The lowest BCUT2D eigenvalue weighted by Crippen LogP contribution is -2.27. The number of benzene rings is 1. The predicted molar refractivity (Wildman–Crippen MR) is 76.9 cm³/mol. The molecule has 3 nitrogen and oxygen atoms in total. The van der Waals surface area contributed by atoms with Gasteiger partial charge in [0.2, 0.25) is 5.91 Å². The largest absolute Gasteiger partial charge is 0.326 e. The summed E-state index contributed by atoms with van der Waals surface area (Å²) in [5.41, 5.74) is 2.16. The van der Waals surface area contributed by atoms with Crippen LogP contribution in [0.1, 0.15) is 45.6 Å². The lowest BCUT2D eigenvalue weighted by molar-refractivity contribution is -0.116. The highest BCUT2D eigenvalue weighted by Gasteiger charge is 2.03. The third-order valence-electron chi connectivity index (χ3n) is 2.77. The van der Waals surface area contributed by atoms with Crippen molar-refractivity contribution in [2.75, 3.05) is 11.9 Å². The monoisotopic (exact) mass is 248 g/mol. The van der Waals surface area contributed by atoms with Gasteiger partial charge in [0, 0.05) is 24.7 Å². The molecule has 2 N–H and O–H groups in total. The second kappa shape index (κ2) is 7.17. The van der Waals surface area contributed by atoms with E-state index in [0.717, 1.165) is 5.69 Å². The molecule has 0 aromatic heterocycles. The summed E-state index contributed by atoms with van der Waals surface area (Å²) in [5.74, 6) is 0.574. The Labute approximate surface area is 110 Å². The quantitative estimate of drug-likeness (QED) is 0.812. The first-order valence-electron chi connectivity index (χ1n) is 6.62. The average molecular weight is 248 g/mol. The van der Waals surface area contributed by atoms with Gasteiger partial charge >= 0.3 is 0 Å². The topological polar surface area (TPSA) is 41.1 Å². The Bertz CT molecular complexity index is 369. The fourth-order valence-corrected chi connectivity index (χ4v) is 1.65. The van der Waals surface area contributed by atoms with Crippen molar-refractivity contribution in [3.8, 4) is 0 Å². The molecule has 1 aromatic rings. The van der Waals surface area contributed by atoms with Crippen molar-refractivity contribution in [3.63, 3.8) is 0 Å². The number of hydrogen-bond donors (Lipinski definition) is 2. The summed E-state index contributed by atoms with van der Waals surface area (Å²) in [7, 11) is 0. The number of hydrogen-bond acceptors (Lipinski definition) is 2. The number of carbonyl (C=O) groups excluding carboxylic acids is 1. The van der Waals surface area contributed by atoms with Gasteiger partial charge in [-0.3, -0.25) is 4.79 Å². The summed E-state index contributed by atoms with van der Waals surface area (Å²) in [5, 5.41) is 6.13. The van der Waals surface area contributed by atoms with Crippen molar-refractivity contribution < 1.29 is 4.79 Å². The first-order valence-corrected chi connectivity index (χ1v) is 6.62. The Balaban J connectivity index is 2.40. The molecular formula is C15H24N2O. The summed E-state index contributed by atoms with van der Waals surface area (Å²) >= 11 is 0. The minimum Gasteiger partial charge on any atom is -0.326 e. The number of nitrogens with one attached hydrogen (secondary N) is 2. The fraction of sp³-hybridized carbons (Fsp3) is 0.533. The van der Waals surface area contributed by atoms with E-state index in [1.54, 1.807) is 0 Å². The van der Waals surface area contributed by atoms with E-state index in [2.05, 4.69) is 50.5 Å². The molecule has 0 aliphatic carbocycles. The highest BCUT2D eigenvalue weighted by Crippen LogP contribution is 2.17. The molecule has 0 fully saturated rings. The molecule has 0 unspecified atom stereocenters. The van der Waals surface area contributed by atoms with Crippen LogP contribution in [0, 0.1) is 0 Å². The molecule has 0 spiro atoms. The van der Waals surface area contributed by atoms with E-state index in [9.17, 15) is 4.79 Å². The molecule has 1 aromatic carbocycles. The molecule has 0 aliphatic heterocycles. The highest BCUT2D eigenvalue weighted by atomic mass is 16.1. The SMILES string of the molecule is CC(C)NCCC(=O)Nc1ccc(C(C)C)cc1. The summed E-state index contributed by atoms with van der Waals surface area (Å²) in [6, 6.07) is 8.47. The van der Waals surface area contributed by atoms with Crippen LogP contribution in [0.4, 0.5) is 5.69 Å². The van der Waals surface area contributed by atoms with Gasteiger partial charge < -0.3 is 10.6 Å². The molecule has 0 aliphatic rings. The van der Waals surface area contributed by atoms with Gasteiger partial charge in [0.15, 0.2) is 0 Å². The van der Waals surface area contributed by atoms with Crippen LogP contribution in [0.2, 0.25) is 0 Å². The number of carbonyl (C=O) groups is 1. The van der Waals surface area contributed by atoms with E-state index in [-0.39, 0.29) is 5.91 Å². The van der Waals surface area contributed by atoms with Crippen molar-refractivity contribution in [3.05, 3.63) is 29.8 Å². The minimum atomic E-state index is 0.0560. The van der Waals surface area contributed by atoms with Crippen LogP contribution in [0.3, 0.4) is 0 Å². The molecule has 3 heteroatoms. The Morgan fingerprint density at radius 1 is 1.11 bits per heavy atom. The summed E-state index contributed by atoms with van der Waals surface area (Å²) in [6.45, 7) is 9.18. The maximum absolute atomic E-state index is 11.7. The Morgan fingerprint density at radius 3 is 2.22 bits per heavy atom. The van der Waals surface area contributed by atoms with Crippen molar-refractivity contribution in [2.24, 2.45) is 0 Å². The third-order valence-corrected chi connectivity index (χ3v) is 2.77. The van der Waals surface area contributed by atoms with Crippen LogP contribution >= 0.6 is 0 Å². The molecule has 0 atom stereocenters. The molecule has 0 heterocycles. The Kier molecular flexibility index (Phi) is 5.86. The molecule has 0 radical (unpaired) electrons. The van der Waals surface area contributed by atoms with Gasteiger partial charge in [-0.25, -0.2) is 0 Å². The standard InChI is InChI=1S/C15H24N2O/c1-11(2)13-5-7-14(8-6-13)17-15(18)9-10-16-12(3)4/h5-8,11-12,16H,9-10H2,1-4H3,(H,17,18). The molecule has 1 rings (SSSR count). The normalized spacial score (nSPS) is 11.0. The first kappa shape index (κ1) is 14.7. The molecular weight excluding hydrogens is 224 g/mol. The van der Waals surface area contributed by atoms with E-state index in [1.807, 2.05) is 12.1 Å². The second-order valence-electron chi connectivity index (χ2n) is 5.18. The van der Waals surface area contributed by atoms with E-state index < -0.39 is 0 Å². The molecule has 0 saturated carbocycles. The zero-order valence-corrected chi connectivity index (χ0v) is 11.8. The summed E-state index contributed by atoms with van der Waals surface area (Å²) < 4.78 is 0. The first-order chi connectivity index (χ1) is 8.49. The van der Waals surface area contributed by atoms with Gasteiger partial charge in [0.05, 0.1) is 0 Å².